The van der Waals surface area contributed by atoms with E-state index in [0.717, 1.165) is 17.9 Å². The van der Waals surface area contributed by atoms with Crippen molar-refractivity contribution in [1.82, 2.24) is 0 Å². The zero-order valence-corrected chi connectivity index (χ0v) is 9.93. The van der Waals surface area contributed by atoms with Crippen LogP contribution in [0.5, 0.6) is 11.5 Å². The standard InChI is InChI=1S/C13H18O3/c1-8-11(7-12(8)14)10-5-4-9(15-2)6-13(10)16-3/h4-6,8,11-12,14H,7H2,1-3H3. The normalized spacial score (nSPS) is 28.4. The first kappa shape index (κ1) is 11.3. The summed E-state index contributed by atoms with van der Waals surface area (Å²) < 4.78 is 10.5. The molecular weight excluding hydrogens is 204 g/mol. The Bertz CT molecular complexity index is 375. The Labute approximate surface area is 96.0 Å². The van der Waals surface area contributed by atoms with Crippen LogP contribution in [0.25, 0.3) is 0 Å². The van der Waals surface area contributed by atoms with E-state index in [9.17, 15) is 5.11 Å². The quantitative estimate of drug-likeness (QED) is 0.852. The SMILES string of the molecule is COc1ccc(C2CC(O)C2C)c(OC)c1. The Hall–Kier alpha value is -1.22. The molecule has 0 saturated heterocycles. The highest BCUT2D eigenvalue weighted by Crippen LogP contribution is 2.46. The monoisotopic (exact) mass is 222 g/mol. The second-order valence-corrected chi connectivity index (χ2v) is 4.38. The Morgan fingerprint density at radius 3 is 2.50 bits per heavy atom. The number of methoxy groups -OCH3 is 2. The van der Waals surface area contributed by atoms with E-state index in [1.807, 2.05) is 18.2 Å². The molecule has 2 rings (SSSR count). The van der Waals surface area contributed by atoms with Crippen LogP contribution in [0.4, 0.5) is 0 Å². The fourth-order valence-corrected chi connectivity index (χ4v) is 2.30. The zero-order chi connectivity index (χ0) is 11.7. The number of aliphatic hydroxyl groups excluding tert-OH is 1. The molecule has 1 aliphatic carbocycles. The van der Waals surface area contributed by atoms with Crippen LogP contribution >= 0.6 is 0 Å². The smallest absolute Gasteiger partial charge is 0.126 e. The van der Waals surface area contributed by atoms with Gasteiger partial charge in [-0.2, -0.15) is 0 Å². The van der Waals surface area contributed by atoms with Crippen LogP contribution in [-0.2, 0) is 0 Å². The second kappa shape index (κ2) is 4.34. The lowest BCUT2D eigenvalue weighted by molar-refractivity contribution is 0.0110. The molecule has 0 amide bonds. The molecule has 1 aliphatic rings. The van der Waals surface area contributed by atoms with Gasteiger partial charge in [0, 0.05) is 6.07 Å². The predicted molar refractivity (Wildman–Crippen MR) is 62.1 cm³/mol. The van der Waals surface area contributed by atoms with E-state index in [2.05, 4.69) is 6.92 Å². The highest BCUT2D eigenvalue weighted by Gasteiger charge is 2.38. The van der Waals surface area contributed by atoms with E-state index in [1.165, 1.54) is 5.56 Å². The van der Waals surface area contributed by atoms with Crippen molar-refractivity contribution in [3.63, 3.8) is 0 Å². The summed E-state index contributed by atoms with van der Waals surface area (Å²) in [6, 6.07) is 5.87. The van der Waals surface area contributed by atoms with E-state index in [-0.39, 0.29) is 6.10 Å². The lowest BCUT2D eigenvalue weighted by Gasteiger charge is -2.40. The highest BCUT2D eigenvalue weighted by atomic mass is 16.5. The van der Waals surface area contributed by atoms with Crippen molar-refractivity contribution in [1.29, 1.82) is 0 Å². The summed E-state index contributed by atoms with van der Waals surface area (Å²) in [4.78, 5) is 0. The number of rotatable bonds is 3. The number of hydrogen-bond acceptors (Lipinski definition) is 3. The van der Waals surface area contributed by atoms with Crippen molar-refractivity contribution in [3.05, 3.63) is 23.8 Å². The van der Waals surface area contributed by atoms with Gasteiger partial charge in [0.2, 0.25) is 0 Å². The van der Waals surface area contributed by atoms with Crippen LogP contribution in [-0.4, -0.2) is 25.4 Å². The molecule has 1 N–H and O–H groups in total. The molecule has 1 saturated carbocycles. The molecule has 0 heterocycles. The van der Waals surface area contributed by atoms with Gasteiger partial charge in [0.1, 0.15) is 11.5 Å². The zero-order valence-electron chi connectivity index (χ0n) is 9.93. The molecule has 1 aromatic rings. The Kier molecular flexibility index (Phi) is 3.06. The molecule has 0 bridgehead atoms. The number of hydrogen-bond donors (Lipinski definition) is 1. The summed E-state index contributed by atoms with van der Waals surface area (Å²) in [5.74, 6) is 2.36. The summed E-state index contributed by atoms with van der Waals surface area (Å²) >= 11 is 0. The Balaban J connectivity index is 2.27. The maximum absolute atomic E-state index is 9.55. The maximum atomic E-state index is 9.55. The van der Waals surface area contributed by atoms with Gasteiger partial charge < -0.3 is 14.6 Å². The lowest BCUT2D eigenvalue weighted by atomic mass is 9.68. The molecule has 88 valence electrons. The first-order valence-electron chi connectivity index (χ1n) is 5.57. The molecule has 3 heteroatoms. The number of ether oxygens (including phenoxy) is 2. The van der Waals surface area contributed by atoms with E-state index in [1.54, 1.807) is 14.2 Å². The van der Waals surface area contributed by atoms with Gasteiger partial charge in [-0.3, -0.25) is 0 Å². The second-order valence-electron chi connectivity index (χ2n) is 4.38. The number of aliphatic hydroxyl groups is 1. The molecule has 3 nitrogen and oxygen atoms in total. The van der Waals surface area contributed by atoms with Gasteiger partial charge in [-0.15, -0.1) is 0 Å². The Morgan fingerprint density at radius 2 is 2.00 bits per heavy atom. The van der Waals surface area contributed by atoms with Crippen LogP contribution in [0, 0.1) is 5.92 Å². The van der Waals surface area contributed by atoms with Crippen molar-refractivity contribution in [2.75, 3.05) is 14.2 Å². The van der Waals surface area contributed by atoms with Crippen molar-refractivity contribution in [3.8, 4) is 11.5 Å². The van der Waals surface area contributed by atoms with Crippen molar-refractivity contribution in [2.45, 2.75) is 25.4 Å². The molecular formula is C13H18O3. The van der Waals surface area contributed by atoms with Crippen LogP contribution in [0.3, 0.4) is 0 Å². The van der Waals surface area contributed by atoms with Crippen LogP contribution < -0.4 is 9.47 Å². The molecule has 1 fully saturated rings. The van der Waals surface area contributed by atoms with E-state index in [4.69, 9.17) is 9.47 Å². The van der Waals surface area contributed by atoms with E-state index < -0.39 is 0 Å². The van der Waals surface area contributed by atoms with Gasteiger partial charge in [-0.25, -0.2) is 0 Å². The topological polar surface area (TPSA) is 38.7 Å². The molecule has 0 spiro atoms. The van der Waals surface area contributed by atoms with Crippen LogP contribution in [0.15, 0.2) is 18.2 Å². The minimum atomic E-state index is -0.170. The van der Waals surface area contributed by atoms with Gasteiger partial charge in [0.05, 0.1) is 20.3 Å². The van der Waals surface area contributed by atoms with E-state index >= 15 is 0 Å². The average molecular weight is 222 g/mol. The summed E-state index contributed by atoms with van der Waals surface area (Å²) in [6.07, 6.45) is 0.654. The van der Waals surface area contributed by atoms with Crippen molar-refractivity contribution in [2.24, 2.45) is 5.92 Å². The molecule has 0 aliphatic heterocycles. The van der Waals surface area contributed by atoms with Gasteiger partial charge in [-0.1, -0.05) is 13.0 Å². The van der Waals surface area contributed by atoms with Gasteiger partial charge in [0.15, 0.2) is 0 Å². The van der Waals surface area contributed by atoms with Gasteiger partial charge >= 0.3 is 0 Å². The van der Waals surface area contributed by atoms with Crippen LogP contribution in [0.2, 0.25) is 0 Å². The molecule has 1 aromatic carbocycles. The highest BCUT2D eigenvalue weighted by molar-refractivity contribution is 5.44. The summed E-state index contributed by atoms with van der Waals surface area (Å²) in [7, 11) is 3.31. The largest absolute Gasteiger partial charge is 0.497 e. The Morgan fingerprint density at radius 1 is 1.25 bits per heavy atom. The number of benzene rings is 1. The molecule has 16 heavy (non-hydrogen) atoms. The fraction of sp³-hybridized carbons (Fsp3) is 0.538. The van der Waals surface area contributed by atoms with Crippen molar-refractivity contribution >= 4 is 0 Å². The first-order chi connectivity index (χ1) is 7.67. The predicted octanol–water partition coefficient (Wildman–Crippen LogP) is 2.19. The minimum absolute atomic E-state index is 0.170. The third-order valence-electron chi connectivity index (χ3n) is 3.58. The third kappa shape index (κ3) is 1.76. The van der Waals surface area contributed by atoms with Gasteiger partial charge in [0.25, 0.3) is 0 Å². The minimum Gasteiger partial charge on any atom is -0.497 e. The maximum Gasteiger partial charge on any atom is 0.126 e. The van der Waals surface area contributed by atoms with E-state index in [0.29, 0.717) is 11.8 Å². The summed E-state index contributed by atoms with van der Waals surface area (Å²) in [6.45, 7) is 2.07. The molecule has 3 unspecified atom stereocenters. The fourth-order valence-electron chi connectivity index (χ4n) is 2.30. The molecule has 0 radical (unpaired) electrons. The summed E-state index contributed by atoms with van der Waals surface area (Å²) in [5, 5.41) is 9.55. The molecule has 0 aromatic heterocycles. The summed E-state index contributed by atoms with van der Waals surface area (Å²) in [5.41, 5.74) is 1.17. The molecule has 3 atom stereocenters. The lowest BCUT2D eigenvalue weighted by Crippen LogP contribution is -2.37. The average Bonchev–Trinajstić information content (AvgIpc) is 2.34. The van der Waals surface area contributed by atoms with Crippen LogP contribution in [0.1, 0.15) is 24.8 Å². The first-order valence-corrected chi connectivity index (χ1v) is 5.57. The van der Waals surface area contributed by atoms with Gasteiger partial charge in [-0.05, 0) is 29.9 Å². The van der Waals surface area contributed by atoms with Crippen molar-refractivity contribution < 1.29 is 14.6 Å². The third-order valence-corrected chi connectivity index (χ3v) is 3.58.